The van der Waals surface area contributed by atoms with Gasteiger partial charge in [0.15, 0.2) is 5.96 Å². The number of ether oxygens (including phenoxy) is 1. The van der Waals surface area contributed by atoms with Gasteiger partial charge in [-0.1, -0.05) is 31.0 Å². The fraction of sp³-hybridized carbons (Fsp3) is 0.682. The van der Waals surface area contributed by atoms with Crippen LogP contribution in [0.3, 0.4) is 0 Å². The zero-order chi connectivity index (χ0) is 21.0. The van der Waals surface area contributed by atoms with Crippen LogP contribution in [0.4, 0.5) is 5.69 Å². The van der Waals surface area contributed by atoms with Crippen LogP contribution in [0.25, 0.3) is 0 Å². The van der Waals surface area contributed by atoms with E-state index in [1.807, 2.05) is 0 Å². The Morgan fingerprint density at radius 2 is 2.03 bits per heavy atom. The van der Waals surface area contributed by atoms with E-state index in [2.05, 4.69) is 44.2 Å². The Bertz CT molecular complexity index is 859. The summed E-state index contributed by atoms with van der Waals surface area (Å²) in [5.74, 6) is 0.761. The number of anilines is 1. The minimum Gasteiger partial charge on any atom is -0.377 e. The molecular formula is C22H34N4O3S. The predicted molar refractivity (Wildman–Crippen MR) is 121 cm³/mol. The highest BCUT2D eigenvalue weighted by molar-refractivity contribution is 7.89. The zero-order valence-corrected chi connectivity index (χ0v) is 18.7. The van der Waals surface area contributed by atoms with Crippen molar-refractivity contribution in [3.63, 3.8) is 0 Å². The molecule has 0 aromatic heterocycles. The van der Waals surface area contributed by atoms with Crippen LogP contribution >= 0.6 is 0 Å². The lowest BCUT2D eigenvalue weighted by Crippen LogP contribution is -2.46. The van der Waals surface area contributed by atoms with E-state index in [1.54, 1.807) is 7.05 Å². The molecule has 1 aromatic carbocycles. The number of sulfonamides is 1. The van der Waals surface area contributed by atoms with Gasteiger partial charge in [0.2, 0.25) is 10.0 Å². The summed E-state index contributed by atoms with van der Waals surface area (Å²) >= 11 is 0. The molecule has 30 heavy (non-hydrogen) atoms. The summed E-state index contributed by atoms with van der Waals surface area (Å²) in [5, 5.41) is 3.28. The van der Waals surface area contributed by atoms with Crippen molar-refractivity contribution < 1.29 is 13.2 Å². The molecule has 1 unspecified atom stereocenters. The molecule has 3 aliphatic rings. The van der Waals surface area contributed by atoms with Crippen LogP contribution in [-0.2, 0) is 20.2 Å². The molecule has 8 heteroatoms. The van der Waals surface area contributed by atoms with E-state index in [4.69, 9.17) is 4.74 Å². The van der Waals surface area contributed by atoms with E-state index >= 15 is 0 Å². The Hall–Kier alpha value is -1.64. The molecule has 166 valence electrons. The lowest BCUT2D eigenvalue weighted by atomic mass is 9.81. The summed E-state index contributed by atoms with van der Waals surface area (Å²) in [7, 11) is -1.60. The molecule has 1 spiro atoms. The molecule has 2 heterocycles. The first-order valence-electron chi connectivity index (χ1n) is 11.2. The van der Waals surface area contributed by atoms with Gasteiger partial charge in [-0.15, -0.1) is 0 Å². The van der Waals surface area contributed by atoms with Gasteiger partial charge in [0.05, 0.1) is 11.9 Å². The summed E-state index contributed by atoms with van der Waals surface area (Å²) in [6, 6.07) is 8.58. The van der Waals surface area contributed by atoms with Crippen molar-refractivity contribution in [2.75, 3.05) is 43.9 Å². The molecule has 0 amide bonds. The van der Waals surface area contributed by atoms with Crippen molar-refractivity contribution in [2.24, 2.45) is 4.99 Å². The van der Waals surface area contributed by atoms with Crippen LogP contribution in [0.2, 0.25) is 0 Å². The van der Waals surface area contributed by atoms with Crippen molar-refractivity contribution in [1.29, 1.82) is 0 Å². The highest BCUT2D eigenvalue weighted by Gasteiger charge is 2.45. The van der Waals surface area contributed by atoms with Crippen molar-refractivity contribution >= 4 is 21.7 Å². The molecule has 2 aliphatic heterocycles. The molecule has 1 saturated carbocycles. The molecule has 1 aliphatic carbocycles. The largest absolute Gasteiger partial charge is 0.377 e. The van der Waals surface area contributed by atoms with Crippen LogP contribution in [-0.4, -0.2) is 59.5 Å². The second-order valence-corrected chi connectivity index (χ2v) is 10.6. The molecule has 2 N–H and O–H groups in total. The van der Waals surface area contributed by atoms with Crippen molar-refractivity contribution in [1.82, 2.24) is 10.0 Å². The summed E-state index contributed by atoms with van der Waals surface area (Å²) in [6.45, 7) is 2.32. The molecule has 1 saturated heterocycles. The normalized spacial score (nSPS) is 23.7. The summed E-state index contributed by atoms with van der Waals surface area (Å²) in [4.78, 5) is 6.69. The van der Waals surface area contributed by atoms with Gasteiger partial charge in [-0.2, -0.15) is 0 Å². The SMILES string of the molecule is CN=C(NCCS(=O)(=O)NCC1CCCCO1)N1CC2(CCCC2)c2ccccc21. The minimum atomic E-state index is -3.36. The molecule has 0 bridgehead atoms. The maximum atomic E-state index is 12.4. The lowest BCUT2D eigenvalue weighted by Gasteiger charge is -2.26. The van der Waals surface area contributed by atoms with Gasteiger partial charge in [-0.05, 0) is 43.7 Å². The number of benzene rings is 1. The smallest absolute Gasteiger partial charge is 0.213 e. The average molecular weight is 435 g/mol. The van der Waals surface area contributed by atoms with Crippen LogP contribution in [0, 0.1) is 0 Å². The van der Waals surface area contributed by atoms with E-state index in [0.29, 0.717) is 13.1 Å². The van der Waals surface area contributed by atoms with Crippen LogP contribution in [0.5, 0.6) is 0 Å². The van der Waals surface area contributed by atoms with Crippen molar-refractivity contribution in [2.45, 2.75) is 56.5 Å². The second-order valence-electron chi connectivity index (χ2n) is 8.72. The number of hydrogen-bond acceptors (Lipinski definition) is 4. The maximum absolute atomic E-state index is 12.4. The van der Waals surface area contributed by atoms with Gasteiger partial charge in [0, 0.05) is 44.4 Å². The number of aliphatic imine (C=N–C) groups is 1. The molecule has 0 radical (unpaired) electrons. The Kier molecular flexibility index (Phi) is 6.65. The average Bonchev–Trinajstić information content (AvgIpc) is 3.37. The monoisotopic (exact) mass is 434 g/mol. The highest BCUT2D eigenvalue weighted by atomic mass is 32.2. The minimum absolute atomic E-state index is 0.00190. The molecule has 1 aromatic rings. The van der Waals surface area contributed by atoms with Crippen LogP contribution < -0.4 is 14.9 Å². The number of rotatable bonds is 6. The molecule has 4 rings (SSSR count). The number of fused-ring (bicyclic) bond motifs is 2. The first-order chi connectivity index (χ1) is 14.5. The third kappa shape index (κ3) is 4.65. The van der Waals surface area contributed by atoms with Crippen LogP contribution in [0.15, 0.2) is 29.3 Å². The molecule has 7 nitrogen and oxygen atoms in total. The van der Waals surface area contributed by atoms with Gasteiger partial charge in [-0.25, -0.2) is 13.1 Å². The van der Waals surface area contributed by atoms with E-state index in [9.17, 15) is 8.42 Å². The third-order valence-corrected chi connectivity index (χ3v) is 8.06. The second kappa shape index (κ2) is 9.24. The topological polar surface area (TPSA) is 83.0 Å². The van der Waals surface area contributed by atoms with Gasteiger partial charge < -0.3 is 15.0 Å². The van der Waals surface area contributed by atoms with E-state index in [0.717, 1.165) is 38.4 Å². The predicted octanol–water partition coefficient (Wildman–Crippen LogP) is 2.38. The van der Waals surface area contributed by atoms with E-state index < -0.39 is 10.0 Å². The third-order valence-electron chi connectivity index (χ3n) is 6.71. The zero-order valence-electron chi connectivity index (χ0n) is 17.9. The van der Waals surface area contributed by atoms with Gasteiger partial charge in [0.1, 0.15) is 0 Å². The number of nitrogens with one attached hydrogen (secondary N) is 2. The molecule has 1 atom stereocenters. The summed E-state index contributed by atoms with van der Waals surface area (Å²) < 4.78 is 33.1. The van der Waals surface area contributed by atoms with Crippen molar-refractivity contribution in [3.05, 3.63) is 29.8 Å². The van der Waals surface area contributed by atoms with Gasteiger partial charge in [0.25, 0.3) is 0 Å². The molecular weight excluding hydrogens is 400 g/mol. The first kappa shape index (κ1) is 21.6. The van der Waals surface area contributed by atoms with E-state index in [1.165, 1.54) is 36.9 Å². The number of guanidine groups is 1. The Morgan fingerprint density at radius 1 is 1.23 bits per heavy atom. The van der Waals surface area contributed by atoms with Crippen molar-refractivity contribution in [3.8, 4) is 0 Å². The summed E-state index contributed by atoms with van der Waals surface area (Å²) in [6.07, 6.45) is 8.03. The number of para-hydroxylation sites is 1. The molecule has 2 fully saturated rings. The maximum Gasteiger partial charge on any atom is 0.213 e. The quantitative estimate of drug-likeness (QED) is 0.531. The Morgan fingerprint density at radius 3 is 2.77 bits per heavy atom. The lowest BCUT2D eigenvalue weighted by molar-refractivity contribution is 0.0200. The summed E-state index contributed by atoms with van der Waals surface area (Å²) in [5.41, 5.74) is 2.82. The highest BCUT2D eigenvalue weighted by Crippen LogP contribution is 2.50. The Balaban J connectivity index is 1.34. The van der Waals surface area contributed by atoms with E-state index in [-0.39, 0.29) is 17.3 Å². The van der Waals surface area contributed by atoms with Crippen LogP contribution in [0.1, 0.15) is 50.5 Å². The number of nitrogens with zero attached hydrogens (tertiary/aromatic N) is 2. The fourth-order valence-electron chi connectivity index (χ4n) is 5.15. The van der Waals surface area contributed by atoms with Gasteiger partial charge >= 0.3 is 0 Å². The fourth-order valence-corrected chi connectivity index (χ4v) is 6.11. The standard InChI is InChI=1S/C22H34N4O3S/c1-23-21(24-13-15-30(27,28)25-16-18-8-4-7-14-29-18)26-17-22(11-5-6-12-22)19-9-2-3-10-20(19)26/h2-3,9-10,18,25H,4-8,11-17H2,1H3,(H,23,24). The number of hydrogen-bond donors (Lipinski definition) is 2. The first-order valence-corrected chi connectivity index (χ1v) is 12.8. The van der Waals surface area contributed by atoms with Gasteiger partial charge in [-0.3, -0.25) is 4.99 Å². The Labute approximate surface area is 180 Å².